The predicted molar refractivity (Wildman–Crippen MR) is 96.8 cm³/mol. The molecule has 0 spiro atoms. The van der Waals surface area contributed by atoms with Gasteiger partial charge in [-0.1, -0.05) is 18.2 Å². The summed E-state index contributed by atoms with van der Waals surface area (Å²) in [6.45, 7) is 4.10. The van der Waals surface area contributed by atoms with Crippen molar-refractivity contribution in [2.75, 3.05) is 0 Å². The molecule has 0 atom stereocenters. The van der Waals surface area contributed by atoms with Gasteiger partial charge in [0, 0.05) is 6.04 Å². The Kier molecular flexibility index (Phi) is 3.73. The summed E-state index contributed by atoms with van der Waals surface area (Å²) in [5.74, 6) is -0.0475. The maximum Gasteiger partial charge on any atom is 0.270 e. The van der Waals surface area contributed by atoms with Crippen LogP contribution in [0, 0.1) is 13.8 Å². The molecule has 4 nitrogen and oxygen atoms in total. The fraction of sp³-hybridized carbons (Fsp3) is 0.263. The topological polar surface area (TPSA) is 46.9 Å². The normalized spacial score (nSPS) is 13.9. The Balaban J connectivity index is 1.83. The number of carbonyl (C=O) groups excluding carboxylic acids is 1. The molecule has 2 aromatic heterocycles. The Morgan fingerprint density at radius 1 is 1.25 bits per heavy atom. The van der Waals surface area contributed by atoms with Crippen LogP contribution in [0.2, 0.25) is 0 Å². The smallest absolute Gasteiger partial charge is 0.270 e. The Morgan fingerprint density at radius 2 is 2.08 bits per heavy atom. The maximum atomic E-state index is 12.7. The maximum absolute atomic E-state index is 12.7. The van der Waals surface area contributed by atoms with Gasteiger partial charge in [-0.25, -0.2) is 4.68 Å². The van der Waals surface area contributed by atoms with Gasteiger partial charge in [-0.05, 0) is 61.4 Å². The minimum atomic E-state index is -0.0475. The Labute approximate surface area is 145 Å². The lowest BCUT2D eigenvalue weighted by molar-refractivity contribution is 0.0943. The fourth-order valence-electron chi connectivity index (χ4n) is 2.71. The number of carbonyl (C=O) groups is 1. The van der Waals surface area contributed by atoms with Crippen LogP contribution in [-0.2, 0) is 0 Å². The second kappa shape index (κ2) is 5.91. The summed E-state index contributed by atoms with van der Waals surface area (Å²) in [5, 5.41) is 9.84. The molecule has 3 aromatic rings. The summed E-state index contributed by atoms with van der Waals surface area (Å²) >= 11 is 1.63. The molecule has 2 heterocycles. The van der Waals surface area contributed by atoms with Crippen molar-refractivity contribution < 1.29 is 4.79 Å². The van der Waals surface area contributed by atoms with E-state index in [1.807, 2.05) is 30.5 Å². The second-order valence-electron chi connectivity index (χ2n) is 6.34. The first-order valence-corrected chi connectivity index (χ1v) is 9.02. The van der Waals surface area contributed by atoms with E-state index < -0.39 is 0 Å². The summed E-state index contributed by atoms with van der Waals surface area (Å²) in [4.78, 5) is 13.8. The molecule has 1 saturated carbocycles. The Morgan fingerprint density at radius 3 is 2.79 bits per heavy atom. The van der Waals surface area contributed by atoms with Crippen molar-refractivity contribution in [2.24, 2.45) is 0 Å². The monoisotopic (exact) mass is 337 g/mol. The highest BCUT2D eigenvalue weighted by molar-refractivity contribution is 7.13. The molecular formula is C19H19N3OS. The first-order valence-electron chi connectivity index (χ1n) is 8.14. The van der Waals surface area contributed by atoms with Gasteiger partial charge >= 0.3 is 0 Å². The number of hydrogen-bond donors (Lipinski definition) is 1. The average Bonchev–Trinajstić information content (AvgIpc) is 3.05. The van der Waals surface area contributed by atoms with E-state index in [4.69, 9.17) is 5.10 Å². The molecule has 0 aliphatic heterocycles. The number of amides is 1. The van der Waals surface area contributed by atoms with Crippen molar-refractivity contribution >= 4 is 17.2 Å². The van der Waals surface area contributed by atoms with E-state index in [9.17, 15) is 4.79 Å². The molecule has 0 unspecified atom stereocenters. The van der Waals surface area contributed by atoms with Crippen LogP contribution in [-0.4, -0.2) is 21.7 Å². The fourth-order valence-corrected chi connectivity index (χ4v) is 3.39. The number of hydrogen-bond acceptors (Lipinski definition) is 3. The van der Waals surface area contributed by atoms with Crippen molar-refractivity contribution in [3.05, 3.63) is 58.6 Å². The first kappa shape index (κ1) is 15.1. The highest BCUT2D eigenvalue weighted by Crippen LogP contribution is 2.28. The van der Waals surface area contributed by atoms with Crippen LogP contribution in [0.15, 0.2) is 41.8 Å². The quantitative estimate of drug-likeness (QED) is 0.779. The highest BCUT2D eigenvalue weighted by Gasteiger charge is 2.26. The van der Waals surface area contributed by atoms with Gasteiger partial charge in [0.05, 0.1) is 10.6 Å². The molecule has 0 saturated heterocycles. The highest BCUT2D eigenvalue weighted by atomic mass is 32.1. The number of aromatic nitrogens is 2. The van der Waals surface area contributed by atoms with Crippen LogP contribution in [0.5, 0.6) is 0 Å². The van der Waals surface area contributed by atoms with Crippen molar-refractivity contribution in [3.63, 3.8) is 0 Å². The number of rotatable bonds is 4. The number of benzene rings is 1. The zero-order valence-electron chi connectivity index (χ0n) is 13.7. The van der Waals surface area contributed by atoms with Crippen LogP contribution < -0.4 is 5.32 Å². The molecule has 0 bridgehead atoms. The zero-order valence-corrected chi connectivity index (χ0v) is 14.6. The molecule has 5 heteroatoms. The van der Waals surface area contributed by atoms with Gasteiger partial charge in [0.2, 0.25) is 0 Å². The molecule has 1 N–H and O–H groups in total. The Hall–Kier alpha value is -2.40. The number of nitrogens with zero attached hydrogens (tertiary/aromatic N) is 2. The standard InChI is InChI=1S/C19H19N3OS/c1-12-5-6-13(2)16(10-12)22-17(19(23)20-14-7-8-14)11-15(21-22)18-4-3-9-24-18/h3-6,9-11,14H,7-8H2,1-2H3,(H,20,23). The summed E-state index contributed by atoms with van der Waals surface area (Å²) in [6, 6.07) is 12.5. The third-order valence-corrected chi connectivity index (χ3v) is 5.11. The van der Waals surface area contributed by atoms with Crippen LogP contribution in [0.4, 0.5) is 0 Å². The molecule has 1 aliphatic rings. The van der Waals surface area contributed by atoms with E-state index >= 15 is 0 Å². The van der Waals surface area contributed by atoms with E-state index in [2.05, 4.69) is 30.4 Å². The van der Waals surface area contributed by atoms with E-state index in [1.54, 1.807) is 16.0 Å². The van der Waals surface area contributed by atoms with Gasteiger partial charge in [-0.15, -0.1) is 11.3 Å². The number of nitrogens with one attached hydrogen (secondary N) is 1. The molecule has 1 aliphatic carbocycles. The average molecular weight is 337 g/mol. The summed E-state index contributed by atoms with van der Waals surface area (Å²) < 4.78 is 1.79. The SMILES string of the molecule is Cc1ccc(C)c(-n2nc(-c3cccs3)cc2C(=O)NC2CC2)c1. The predicted octanol–water partition coefficient (Wildman–Crippen LogP) is 4.11. The molecule has 1 fully saturated rings. The van der Waals surface area contributed by atoms with Crippen molar-refractivity contribution in [1.82, 2.24) is 15.1 Å². The molecule has 1 aromatic carbocycles. The third-order valence-electron chi connectivity index (χ3n) is 4.22. The molecule has 4 rings (SSSR count). The first-order chi connectivity index (χ1) is 11.6. The lowest BCUT2D eigenvalue weighted by Gasteiger charge is -2.11. The minimum absolute atomic E-state index is 0.0475. The van der Waals surface area contributed by atoms with E-state index in [1.165, 1.54) is 0 Å². The summed E-state index contributed by atoms with van der Waals surface area (Å²) in [7, 11) is 0. The van der Waals surface area contributed by atoms with E-state index in [-0.39, 0.29) is 5.91 Å². The lowest BCUT2D eigenvalue weighted by atomic mass is 10.1. The summed E-state index contributed by atoms with van der Waals surface area (Å²) in [5.41, 5.74) is 4.64. The summed E-state index contributed by atoms with van der Waals surface area (Å²) in [6.07, 6.45) is 2.14. The van der Waals surface area contributed by atoms with Gasteiger partial charge in [0.25, 0.3) is 5.91 Å². The number of aryl methyl sites for hydroxylation is 2. The van der Waals surface area contributed by atoms with Crippen molar-refractivity contribution in [2.45, 2.75) is 32.7 Å². The van der Waals surface area contributed by atoms with E-state index in [0.29, 0.717) is 11.7 Å². The van der Waals surface area contributed by atoms with Gasteiger partial charge in [0.15, 0.2) is 0 Å². The molecule has 24 heavy (non-hydrogen) atoms. The molecule has 1 amide bonds. The van der Waals surface area contributed by atoms with Gasteiger partial charge < -0.3 is 5.32 Å². The van der Waals surface area contributed by atoms with Gasteiger partial charge in [0.1, 0.15) is 11.4 Å². The molecule has 122 valence electrons. The van der Waals surface area contributed by atoms with Crippen molar-refractivity contribution in [1.29, 1.82) is 0 Å². The number of thiophene rings is 1. The van der Waals surface area contributed by atoms with Crippen LogP contribution in [0.1, 0.15) is 34.5 Å². The molecule has 0 radical (unpaired) electrons. The van der Waals surface area contributed by atoms with Crippen LogP contribution in [0.3, 0.4) is 0 Å². The Bertz CT molecular complexity index is 891. The van der Waals surface area contributed by atoms with Gasteiger partial charge in [-0.2, -0.15) is 5.10 Å². The van der Waals surface area contributed by atoms with E-state index in [0.717, 1.165) is 40.2 Å². The largest absolute Gasteiger partial charge is 0.348 e. The molecular weight excluding hydrogens is 318 g/mol. The van der Waals surface area contributed by atoms with Crippen LogP contribution in [0.25, 0.3) is 16.3 Å². The lowest BCUT2D eigenvalue weighted by Crippen LogP contribution is -2.27. The van der Waals surface area contributed by atoms with Crippen LogP contribution >= 0.6 is 11.3 Å². The zero-order chi connectivity index (χ0) is 16.7. The van der Waals surface area contributed by atoms with Gasteiger partial charge in [-0.3, -0.25) is 4.79 Å². The van der Waals surface area contributed by atoms with Crippen molar-refractivity contribution in [3.8, 4) is 16.3 Å². The third kappa shape index (κ3) is 2.87. The minimum Gasteiger partial charge on any atom is -0.348 e. The second-order valence-corrected chi connectivity index (χ2v) is 7.29.